The molecule has 1 nitrogen and oxygen atoms in total. The van der Waals surface area contributed by atoms with Gasteiger partial charge < -0.3 is 5.73 Å². The number of rotatable bonds is 1. The molecule has 0 bridgehead atoms. The molecule has 1 aromatic carbocycles. The van der Waals surface area contributed by atoms with Crippen LogP contribution in [0.1, 0.15) is 37.7 Å². The molecule has 0 atom stereocenters. The smallest absolute Gasteiger partial charge is 0.159 e. The molecule has 2 rings (SSSR count). The predicted molar refractivity (Wildman–Crippen MR) is 55.3 cm³/mol. The van der Waals surface area contributed by atoms with E-state index < -0.39 is 17.2 Å². The van der Waals surface area contributed by atoms with Gasteiger partial charge in [-0.2, -0.15) is 0 Å². The molecule has 2 N–H and O–H groups in total. The highest BCUT2D eigenvalue weighted by molar-refractivity contribution is 5.26. The molecule has 0 unspecified atom stereocenters. The van der Waals surface area contributed by atoms with Crippen molar-refractivity contribution in [2.75, 3.05) is 0 Å². The van der Waals surface area contributed by atoms with E-state index >= 15 is 0 Å². The number of hydrogen-bond donors (Lipinski definition) is 1. The van der Waals surface area contributed by atoms with Gasteiger partial charge in [0.1, 0.15) is 0 Å². The third kappa shape index (κ3) is 2.02. The monoisotopic (exact) mass is 211 g/mol. The van der Waals surface area contributed by atoms with Crippen LogP contribution in [0.5, 0.6) is 0 Å². The summed E-state index contributed by atoms with van der Waals surface area (Å²) in [5, 5.41) is 0. The van der Waals surface area contributed by atoms with Gasteiger partial charge in [0.15, 0.2) is 11.6 Å². The van der Waals surface area contributed by atoms with Crippen LogP contribution < -0.4 is 5.73 Å². The van der Waals surface area contributed by atoms with Gasteiger partial charge in [-0.25, -0.2) is 8.78 Å². The zero-order valence-corrected chi connectivity index (χ0v) is 8.60. The molecule has 1 aliphatic rings. The van der Waals surface area contributed by atoms with Gasteiger partial charge in [-0.05, 0) is 30.5 Å². The maximum Gasteiger partial charge on any atom is 0.159 e. The summed E-state index contributed by atoms with van der Waals surface area (Å²) in [6.45, 7) is 0. The highest BCUT2D eigenvalue weighted by Crippen LogP contribution is 2.35. The fourth-order valence-electron chi connectivity index (χ4n) is 2.28. The van der Waals surface area contributed by atoms with Gasteiger partial charge >= 0.3 is 0 Å². The second-order valence-corrected chi connectivity index (χ2v) is 4.35. The first-order chi connectivity index (χ1) is 7.12. The maximum atomic E-state index is 13.1. The fourth-order valence-corrected chi connectivity index (χ4v) is 2.28. The van der Waals surface area contributed by atoms with Gasteiger partial charge in [-0.3, -0.25) is 0 Å². The van der Waals surface area contributed by atoms with Crippen molar-refractivity contribution in [3.8, 4) is 0 Å². The maximum absolute atomic E-state index is 13.1. The lowest BCUT2D eigenvalue weighted by Gasteiger charge is -2.33. The summed E-state index contributed by atoms with van der Waals surface area (Å²) in [6, 6.07) is 4.00. The van der Waals surface area contributed by atoms with Gasteiger partial charge in [0.25, 0.3) is 0 Å². The molecular weight excluding hydrogens is 196 g/mol. The molecule has 0 radical (unpaired) electrons. The van der Waals surface area contributed by atoms with Crippen molar-refractivity contribution in [1.82, 2.24) is 0 Å². The van der Waals surface area contributed by atoms with Crippen LogP contribution in [-0.2, 0) is 5.54 Å². The van der Waals surface area contributed by atoms with Crippen molar-refractivity contribution < 1.29 is 8.78 Å². The molecule has 0 heterocycles. The van der Waals surface area contributed by atoms with E-state index in [-0.39, 0.29) is 0 Å². The largest absolute Gasteiger partial charge is 0.321 e. The van der Waals surface area contributed by atoms with Crippen molar-refractivity contribution in [1.29, 1.82) is 0 Å². The van der Waals surface area contributed by atoms with Crippen LogP contribution in [0, 0.1) is 11.6 Å². The van der Waals surface area contributed by atoms with Crippen LogP contribution in [-0.4, -0.2) is 0 Å². The zero-order chi connectivity index (χ0) is 10.9. The van der Waals surface area contributed by atoms with Gasteiger partial charge in [0.05, 0.1) is 0 Å². The third-order valence-electron chi connectivity index (χ3n) is 3.24. The van der Waals surface area contributed by atoms with Gasteiger partial charge in [-0.15, -0.1) is 0 Å². The van der Waals surface area contributed by atoms with E-state index in [1.165, 1.54) is 12.5 Å². The molecule has 0 spiro atoms. The molecule has 0 aromatic heterocycles. The fraction of sp³-hybridized carbons (Fsp3) is 0.500. The molecule has 0 saturated heterocycles. The van der Waals surface area contributed by atoms with E-state index in [2.05, 4.69) is 0 Å². The Morgan fingerprint density at radius 2 is 1.67 bits per heavy atom. The molecule has 82 valence electrons. The number of nitrogens with two attached hydrogens (primary N) is 1. The van der Waals surface area contributed by atoms with E-state index in [0.29, 0.717) is 0 Å². The van der Waals surface area contributed by atoms with Crippen LogP contribution in [0.25, 0.3) is 0 Å². The van der Waals surface area contributed by atoms with Crippen molar-refractivity contribution in [2.24, 2.45) is 5.73 Å². The van der Waals surface area contributed by atoms with Crippen molar-refractivity contribution in [2.45, 2.75) is 37.6 Å². The molecule has 3 heteroatoms. The van der Waals surface area contributed by atoms with Crippen molar-refractivity contribution in [3.63, 3.8) is 0 Å². The molecule has 1 aliphatic carbocycles. The standard InChI is InChI=1S/C12H15F2N/c13-10-5-4-9(8-11(10)14)12(15)6-2-1-3-7-12/h4-5,8H,1-3,6-7,15H2. The Kier molecular flexibility index (Phi) is 2.74. The van der Waals surface area contributed by atoms with Gasteiger partial charge in [-0.1, -0.05) is 25.3 Å². The van der Waals surface area contributed by atoms with Crippen LogP contribution >= 0.6 is 0 Å². The highest BCUT2D eigenvalue weighted by atomic mass is 19.2. The topological polar surface area (TPSA) is 26.0 Å². The minimum atomic E-state index is -0.807. The number of halogens is 2. The van der Waals surface area contributed by atoms with E-state index in [1.807, 2.05) is 0 Å². The van der Waals surface area contributed by atoms with E-state index in [9.17, 15) is 8.78 Å². The normalized spacial score (nSPS) is 20.2. The zero-order valence-electron chi connectivity index (χ0n) is 8.60. The first kappa shape index (κ1) is 10.6. The van der Waals surface area contributed by atoms with Crippen LogP contribution in [0.3, 0.4) is 0 Å². The first-order valence-electron chi connectivity index (χ1n) is 5.36. The Balaban J connectivity index is 2.31. The Morgan fingerprint density at radius 3 is 2.27 bits per heavy atom. The van der Waals surface area contributed by atoms with E-state index in [0.717, 1.165) is 37.3 Å². The lowest BCUT2D eigenvalue weighted by Crippen LogP contribution is -2.38. The number of hydrogen-bond acceptors (Lipinski definition) is 1. The highest BCUT2D eigenvalue weighted by Gasteiger charge is 2.29. The van der Waals surface area contributed by atoms with E-state index in [4.69, 9.17) is 5.73 Å². The Morgan fingerprint density at radius 1 is 1.00 bits per heavy atom. The number of benzene rings is 1. The Bertz CT molecular complexity index is 357. The lowest BCUT2D eigenvalue weighted by molar-refractivity contribution is 0.300. The van der Waals surface area contributed by atoms with Crippen molar-refractivity contribution in [3.05, 3.63) is 35.4 Å². The lowest BCUT2D eigenvalue weighted by atomic mass is 9.77. The SMILES string of the molecule is NC1(c2ccc(F)c(F)c2)CCCCC1. The average Bonchev–Trinajstić information content (AvgIpc) is 2.23. The molecule has 1 saturated carbocycles. The van der Waals surface area contributed by atoms with Crippen molar-refractivity contribution >= 4 is 0 Å². The van der Waals surface area contributed by atoms with E-state index in [1.54, 1.807) is 6.07 Å². The quantitative estimate of drug-likeness (QED) is 0.759. The Labute approximate surface area is 88.3 Å². The molecule has 1 fully saturated rings. The summed E-state index contributed by atoms with van der Waals surface area (Å²) < 4.78 is 25.8. The third-order valence-corrected chi connectivity index (χ3v) is 3.24. The minimum Gasteiger partial charge on any atom is -0.321 e. The van der Waals surface area contributed by atoms with Gasteiger partial charge in [0.2, 0.25) is 0 Å². The summed E-state index contributed by atoms with van der Waals surface area (Å²) in [7, 11) is 0. The van der Waals surface area contributed by atoms with Crippen LogP contribution in [0.4, 0.5) is 8.78 Å². The summed E-state index contributed by atoms with van der Waals surface area (Å²) in [5.41, 5.74) is 6.48. The van der Waals surface area contributed by atoms with Gasteiger partial charge in [0, 0.05) is 5.54 Å². The molecule has 15 heavy (non-hydrogen) atoms. The average molecular weight is 211 g/mol. The minimum absolute atomic E-state index is 0.452. The van der Waals surface area contributed by atoms with Crippen LogP contribution in [0.2, 0.25) is 0 Å². The summed E-state index contributed by atoms with van der Waals surface area (Å²) in [6.07, 6.45) is 5.03. The van der Waals surface area contributed by atoms with Crippen LogP contribution in [0.15, 0.2) is 18.2 Å². The second-order valence-electron chi connectivity index (χ2n) is 4.35. The second kappa shape index (κ2) is 3.89. The predicted octanol–water partition coefficient (Wildman–Crippen LogP) is 3.08. The molecule has 0 aliphatic heterocycles. The molecular formula is C12H15F2N. The summed E-state index contributed by atoms with van der Waals surface area (Å²) in [4.78, 5) is 0. The summed E-state index contributed by atoms with van der Waals surface area (Å²) in [5.74, 6) is -1.61. The summed E-state index contributed by atoms with van der Waals surface area (Å²) >= 11 is 0. The molecule has 1 aromatic rings. The Hall–Kier alpha value is -0.960. The first-order valence-corrected chi connectivity index (χ1v) is 5.36. The molecule has 0 amide bonds.